The van der Waals surface area contributed by atoms with E-state index in [-0.39, 0.29) is 30.8 Å². The molecule has 4 nitrogen and oxygen atoms in total. The fraction of sp³-hybridized carbons (Fsp3) is 0.909. The van der Waals surface area contributed by atoms with E-state index in [1.165, 1.54) is 11.9 Å². The van der Waals surface area contributed by atoms with E-state index in [4.69, 9.17) is 5.73 Å². The molecule has 0 aromatic rings. The van der Waals surface area contributed by atoms with Crippen molar-refractivity contribution in [2.45, 2.75) is 32.5 Å². The van der Waals surface area contributed by atoms with Crippen molar-refractivity contribution in [3.05, 3.63) is 0 Å². The summed E-state index contributed by atoms with van der Waals surface area (Å²) >= 11 is 0. The largest absolute Gasteiger partial charge is 0.401 e. The van der Waals surface area contributed by atoms with E-state index in [0.29, 0.717) is 13.0 Å². The molecule has 0 saturated carbocycles. The zero-order valence-electron chi connectivity index (χ0n) is 11.5. The Morgan fingerprint density at radius 2 is 1.89 bits per heavy atom. The van der Waals surface area contributed by atoms with Crippen molar-refractivity contribution in [3.8, 4) is 0 Å². The number of rotatable bonds is 7. The molecule has 0 rings (SSSR count). The van der Waals surface area contributed by atoms with Crippen molar-refractivity contribution < 1.29 is 18.0 Å². The second kappa shape index (κ2) is 9.39. The first-order chi connectivity index (χ1) is 8.13. The Morgan fingerprint density at radius 1 is 1.37 bits per heavy atom. The predicted molar refractivity (Wildman–Crippen MR) is 71.2 cm³/mol. The highest BCUT2D eigenvalue weighted by atomic mass is 35.5. The van der Waals surface area contributed by atoms with Gasteiger partial charge < -0.3 is 11.1 Å². The van der Waals surface area contributed by atoms with Gasteiger partial charge in [-0.05, 0) is 25.9 Å². The molecule has 1 amide bonds. The molecule has 19 heavy (non-hydrogen) atoms. The van der Waals surface area contributed by atoms with Gasteiger partial charge in [0.2, 0.25) is 5.91 Å². The summed E-state index contributed by atoms with van der Waals surface area (Å²) in [7, 11) is 1.40. The highest BCUT2D eigenvalue weighted by molar-refractivity contribution is 5.85. The molecule has 0 spiro atoms. The molecule has 0 aliphatic carbocycles. The maximum atomic E-state index is 12.0. The summed E-state index contributed by atoms with van der Waals surface area (Å²) in [5.41, 5.74) is 5.61. The van der Waals surface area contributed by atoms with E-state index in [1.807, 2.05) is 13.8 Å². The standard InChI is InChI=1S/C11H22F3N3O.ClH/c1-8(2)9(15)10(18)16-5-4-6-17(3)7-11(12,13)14;/h8-9H,4-7,15H2,1-3H3,(H,16,18);1H/t9-;/m0./s1. The molecular formula is C11H23ClF3N3O. The maximum absolute atomic E-state index is 12.0. The number of carbonyl (C=O) groups excluding carboxylic acids is 1. The average Bonchev–Trinajstić information content (AvgIpc) is 2.20. The number of amides is 1. The Bertz CT molecular complexity index is 262. The van der Waals surface area contributed by atoms with Crippen molar-refractivity contribution in [3.63, 3.8) is 0 Å². The van der Waals surface area contributed by atoms with Crippen LogP contribution in [0.3, 0.4) is 0 Å². The highest BCUT2D eigenvalue weighted by Gasteiger charge is 2.28. The maximum Gasteiger partial charge on any atom is 0.401 e. The molecule has 3 N–H and O–H groups in total. The molecular weight excluding hydrogens is 283 g/mol. The molecule has 0 radical (unpaired) electrons. The third kappa shape index (κ3) is 11.0. The lowest BCUT2D eigenvalue weighted by molar-refractivity contribution is -0.143. The summed E-state index contributed by atoms with van der Waals surface area (Å²) in [6, 6.07) is -0.571. The molecule has 0 unspecified atom stereocenters. The van der Waals surface area contributed by atoms with E-state index in [2.05, 4.69) is 5.32 Å². The van der Waals surface area contributed by atoms with E-state index in [1.54, 1.807) is 0 Å². The minimum Gasteiger partial charge on any atom is -0.355 e. The first-order valence-corrected chi connectivity index (χ1v) is 5.92. The van der Waals surface area contributed by atoms with Crippen LogP contribution in [0.25, 0.3) is 0 Å². The minimum atomic E-state index is -4.18. The van der Waals surface area contributed by atoms with Crippen LogP contribution >= 0.6 is 12.4 Å². The minimum absolute atomic E-state index is 0. The van der Waals surface area contributed by atoms with Crippen molar-refractivity contribution in [1.82, 2.24) is 10.2 Å². The van der Waals surface area contributed by atoms with Crippen molar-refractivity contribution in [2.75, 3.05) is 26.7 Å². The molecule has 0 aliphatic rings. The van der Waals surface area contributed by atoms with E-state index >= 15 is 0 Å². The van der Waals surface area contributed by atoms with Crippen molar-refractivity contribution >= 4 is 18.3 Å². The molecule has 0 heterocycles. The molecule has 8 heteroatoms. The first-order valence-electron chi connectivity index (χ1n) is 5.92. The van der Waals surface area contributed by atoms with Gasteiger partial charge in [-0.15, -0.1) is 12.4 Å². The summed E-state index contributed by atoms with van der Waals surface area (Å²) in [6.45, 7) is 3.34. The van der Waals surface area contributed by atoms with Crippen LogP contribution in [0.4, 0.5) is 13.2 Å². The second-order valence-corrected chi connectivity index (χ2v) is 4.77. The number of alkyl halides is 3. The lowest BCUT2D eigenvalue weighted by Crippen LogP contribution is -2.44. The van der Waals surface area contributed by atoms with Gasteiger partial charge in [0.25, 0.3) is 0 Å². The van der Waals surface area contributed by atoms with Crippen LogP contribution in [0, 0.1) is 5.92 Å². The number of nitrogens with zero attached hydrogens (tertiary/aromatic N) is 1. The monoisotopic (exact) mass is 305 g/mol. The number of carbonyl (C=O) groups is 1. The normalized spacial score (nSPS) is 13.3. The van der Waals surface area contributed by atoms with Crippen LogP contribution < -0.4 is 11.1 Å². The number of halogens is 4. The zero-order chi connectivity index (χ0) is 14.3. The van der Waals surface area contributed by atoms with Gasteiger partial charge in [0.1, 0.15) is 0 Å². The van der Waals surface area contributed by atoms with Crippen LogP contribution in [0.15, 0.2) is 0 Å². The third-order valence-electron chi connectivity index (χ3n) is 2.49. The third-order valence-corrected chi connectivity index (χ3v) is 2.49. The van der Waals surface area contributed by atoms with E-state index in [0.717, 1.165) is 0 Å². The van der Waals surface area contributed by atoms with Gasteiger partial charge in [-0.25, -0.2) is 0 Å². The van der Waals surface area contributed by atoms with Crippen LogP contribution in [0.2, 0.25) is 0 Å². The molecule has 0 saturated heterocycles. The second-order valence-electron chi connectivity index (χ2n) is 4.77. The smallest absolute Gasteiger partial charge is 0.355 e. The number of hydrogen-bond acceptors (Lipinski definition) is 3. The Kier molecular flexibility index (Phi) is 10.3. The number of hydrogen-bond donors (Lipinski definition) is 2. The summed E-state index contributed by atoms with van der Waals surface area (Å²) in [5.74, 6) is -0.221. The molecule has 0 bridgehead atoms. The molecule has 0 aliphatic heterocycles. The van der Waals surface area contributed by atoms with Gasteiger partial charge in [-0.1, -0.05) is 13.8 Å². The summed E-state index contributed by atoms with van der Waals surface area (Å²) in [6.07, 6.45) is -3.72. The van der Waals surface area contributed by atoms with Gasteiger partial charge in [-0.3, -0.25) is 9.69 Å². The highest BCUT2D eigenvalue weighted by Crippen LogP contribution is 2.15. The quantitative estimate of drug-likeness (QED) is 0.699. The molecule has 0 fully saturated rings. The Morgan fingerprint density at radius 3 is 2.32 bits per heavy atom. The molecule has 0 aromatic heterocycles. The zero-order valence-corrected chi connectivity index (χ0v) is 12.3. The lowest BCUT2D eigenvalue weighted by Gasteiger charge is -2.19. The van der Waals surface area contributed by atoms with E-state index < -0.39 is 18.8 Å². The van der Waals surface area contributed by atoms with Crippen LogP contribution in [-0.2, 0) is 4.79 Å². The summed E-state index contributed by atoms with van der Waals surface area (Å²) < 4.78 is 36.0. The summed E-state index contributed by atoms with van der Waals surface area (Å²) in [5, 5.41) is 2.61. The molecule has 116 valence electrons. The number of nitrogens with two attached hydrogens (primary N) is 1. The number of nitrogens with one attached hydrogen (secondary N) is 1. The predicted octanol–water partition coefficient (Wildman–Crippen LogP) is 1.39. The fourth-order valence-electron chi connectivity index (χ4n) is 1.37. The SMILES string of the molecule is CC(C)[C@H](N)C(=O)NCCCN(C)CC(F)(F)F.Cl. The first kappa shape index (κ1) is 20.8. The van der Waals surface area contributed by atoms with Crippen molar-refractivity contribution in [2.24, 2.45) is 11.7 Å². The van der Waals surface area contributed by atoms with Gasteiger partial charge in [-0.2, -0.15) is 13.2 Å². The van der Waals surface area contributed by atoms with Crippen molar-refractivity contribution in [1.29, 1.82) is 0 Å². The lowest BCUT2D eigenvalue weighted by atomic mass is 10.1. The average molecular weight is 306 g/mol. The Hall–Kier alpha value is -0.530. The van der Waals surface area contributed by atoms with E-state index in [9.17, 15) is 18.0 Å². The molecule has 0 aromatic carbocycles. The Balaban J connectivity index is 0. The molecule has 1 atom stereocenters. The summed E-state index contributed by atoms with van der Waals surface area (Å²) in [4.78, 5) is 12.6. The van der Waals surface area contributed by atoms with Crippen LogP contribution in [-0.4, -0.2) is 49.7 Å². The fourth-order valence-corrected chi connectivity index (χ4v) is 1.37. The van der Waals surface area contributed by atoms with Gasteiger partial charge in [0.15, 0.2) is 0 Å². The topological polar surface area (TPSA) is 58.4 Å². The van der Waals surface area contributed by atoms with Crippen LogP contribution in [0.1, 0.15) is 20.3 Å². The van der Waals surface area contributed by atoms with Gasteiger partial charge in [0.05, 0.1) is 12.6 Å². The van der Waals surface area contributed by atoms with Gasteiger partial charge in [0, 0.05) is 6.54 Å². The Labute approximate surface area is 118 Å². The van der Waals surface area contributed by atoms with Gasteiger partial charge >= 0.3 is 6.18 Å². The van der Waals surface area contributed by atoms with Crippen LogP contribution in [0.5, 0.6) is 0 Å².